The van der Waals surface area contributed by atoms with Crippen LogP contribution in [0.15, 0.2) is 0 Å². The molecular formula is C13H28N2O3. The van der Waals surface area contributed by atoms with Gasteiger partial charge in [0.05, 0.1) is 19.3 Å². The van der Waals surface area contributed by atoms with E-state index in [9.17, 15) is 9.90 Å². The summed E-state index contributed by atoms with van der Waals surface area (Å²) >= 11 is 0. The molecule has 0 aliphatic carbocycles. The smallest absolute Gasteiger partial charge is 0.234 e. The van der Waals surface area contributed by atoms with Crippen LogP contribution in [0.5, 0.6) is 0 Å². The Morgan fingerprint density at radius 1 is 1.44 bits per heavy atom. The fraction of sp³-hybridized carbons (Fsp3) is 0.923. The van der Waals surface area contributed by atoms with Gasteiger partial charge in [-0.25, -0.2) is 0 Å². The number of aliphatic hydroxyl groups is 1. The Kier molecular flexibility index (Phi) is 8.15. The predicted octanol–water partition coefficient (Wildman–Crippen LogP) is 0.620. The lowest BCUT2D eigenvalue weighted by atomic mass is 10.1. The molecule has 0 aromatic heterocycles. The number of aliphatic hydroxyl groups excluding tert-OH is 1. The number of ether oxygens (including phenoxy) is 1. The zero-order chi connectivity index (χ0) is 14.2. The Hall–Kier alpha value is -0.650. The molecule has 0 fully saturated rings. The van der Waals surface area contributed by atoms with Crippen LogP contribution in [0.2, 0.25) is 0 Å². The highest BCUT2D eigenvalue weighted by atomic mass is 16.5. The fourth-order valence-electron chi connectivity index (χ4n) is 1.23. The monoisotopic (exact) mass is 260 g/mol. The number of amides is 1. The highest BCUT2D eigenvalue weighted by Gasteiger charge is 2.23. The number of carbonyl (C=O) groups is 1. The van der Waals surface area contributed by atoms with Crippen molar-refractivity contribution in [1.29, 1.82) is 0 Å². The number of rotatable bonds is 9. The molecule has 108 valence electrons. The summed E-state index contributed by atoms with van der Waals surface area (Å²) in [6, 6.07) is 0. The molecule has 0 atom stereocenters. The molecule has 0 saturated carbocycles. The zero-order valence-corrected chi connectivity index (χ0v) is 12.3. The standard InChI is InChI=1S/C13H28N2O3/c1-11(2)18-8-6-7-14-12(17)9-15(5)13(3,4)10-16/h11,16H,6-10H2,1-5H3,(H,14,17). The van der Waals surface area contributed by atoms with E-state index >= 15 is 0 Å². The van der Waals surface area contributed by atoms with Gasteiger partial charge in [-0.1, -0.05) is 0 Å². The third kappa shape index (κ3) is 7.63. The fourth-order valence-corrected chi connectivity index (χ4v) is 1.23. The van der Waals surface area contributed by atoms with Gasteiger partial charge in [0.15, 0.2) is 0 Å². The molecule has 2 N–H and O–H groups in total. The quantitative estimate of drug-likeness (QED) is 0.597. The molecule has 0 aliphatic rings. The summed E-state index contributed by atoms with van der Waals surface area (Å²) in [6.45, 7) is 9.38. The number of nitrogens with one attached hydrogen (secondary N) is 1. The van der Waals surface area contributed by atoms with Gasteiger partial charge >= 0.3 is 0 Å². The number of likely N-dealkylation sites (N-methyl/N-ethyl adjacent to an activating group) is 1. The first-order chi connectivity index (χ1) is 8.29. The van der Waals surface area contributed by atoms with Gasteiger partial charge < -0.3 is 15.2 Å². The Bertz CT molecular complexity index is 242. The molecule has 0 heterocycles. The summed E-state index contributed by atoms with van der Waals surface area (Å²) in [5.41, 5.74) is -0.377. The summed E-state index contributed by atoms with van der Waals surface area (Å²) in [7, 11) is 1.83. The SMILES string of the molecule is CC(C)OCCCNC(=O)CN(C)C(C)(C)CO. The van der Waals surface area contributed by atoms with Crippen LogP contribution in [-0.4, -0.2) is 60.9 Å². The first kappa shape index (κ1) is 17.4. The molecule has 0 radical (unpaired) electrons. The van der Waals surface area contributed by atoms with Crippen LogP contribution >= 0.6 is 0 Å². The summed E-state index contributed by atoms with van der Waals surface area (Å²) in [6.07, 6.45) is 1.05. The number of carbonyl (C=O) groups excluding carboxylic acids is 1. The van der Waals surface area contributed by atoms with E-state index in [1.165, 1.54) is 0 Å². The average molecular weight is 260 g/mol. The van der Waals surface area contributed by atoms with E-state index in [2.05, 4.69) is 5.32 Å². The van der Waals surface area contributed by atoms with Crippen LogP contribution < -0.4 is 5.32 Å². The average Bonchev–Trinajstić information content (AvgIpc) is 2.27. The van der Waals surface area contributed by atoms with Crippen molar-refractivity contribution in [2.45, 2.75) is 45.8 Å². The molecule has 18 heavy (non-hydrogen) atoms. The number of nitrogens with zero attached hydrogens (tertiary/aromatic N) is 1. The maximum absolute atomic E-state index is 11.6. The molecule has 5 nitrogen and oxygen atoms in total. The third-order valence-corrected chi connectivity index (χ3v) is 2.90. The largest absolute Gasteiger partial charge is 0.394 e. The highest BCUT2D eigenvalue weighted by Crippen LogP contribution is 2.09. The lowest BCUT2D eigenvalue weighted by molar-refractivity contribution is -0.123. The van der Waals surface area contributed by atoms with Gasteiger partial charge in [-0.2, -0.15) is 0 Å². The van der Waals surface area contributed by atoms with Gasteiger partial charge in [0.25, 0.3) is 0 Å². The van der Waals surface area contributed by atoms with Crippen LogP contribution in [0, 0.1) is 0 Å². The maximum Gasteiger partial charge on any atom is 0.234 e. The first-order valence-corrected chi connectivity index (χ1v) is 6.50. The van der Waals surface area contributed by atoms with Crippen molar-refractivity contribution < 1.29 is 14.6 Å². The Labute approximate surface area is 110 Å². The van der Waals surface area contributed by atoms with Crippen molar-refractivity contribution in [1.82, 2.24) is 10.2 Å². The Morgan fingerprint density at radius 3 is 2.56 bits per heavy atom. The normalized spacial score (nSPS) is 12.2. The molecule has 0 aliphatic heterocycles. The van der Waals surface area contributed by atoms with Crippen molar-refractivity contribution >= 4 is 5.91 Å². The van der Waals surface area contributed by atoms with E-state index in [0.717, 1.165) is 6.42 Å². The molecule has 0 unspecified atom stereocenters. The lowest BCUT2D eigenvalue weighted by Crippen LogP contribution is -2.48. The third-order valence-electron chi connectivity index (χ3n) is 2.90. The van der Waals surface area contributed by atoms with Crippen LogP contribution in [0.3, 0.4) is 0 Å². The summed E-state index contributed by atoms with van der Waals surface area (Å²) in [5.74, 6) is -0.0245. The molecule has 0 rings (SSSR count). The van der Waals surface area contributed by atoms with Crippen molar-refractivity contribution in [3.63, 3.8) is 0 Å². The molecule has 0 aromatic carbocycles. The minimum absolute atomic E-state index is 0.0245. The van der Waals surface area contributed by atoms with E-state index in [1.54, 1.807) is 0 Å². The zero-order valence-electron chi connectivity index (χ0n) is 12.3. The van der Waals surface area contributed by atoms with Crippen LogP contribution in [0.4, 0.5) is 0 Å². The lowest BCUT2D eigenvalue weighted by Gasteiger charge is -2.33. The van der Waals surface area contributed by atoms with Crippen LogP contribution in [-0.2, 0) is 9.53 Å². The van der Waals surface area contributed by atoms with Gasteiger partial charge in [-0.15, -0.1) is 0 Å². The van der Waals surface area contributed by atoms with Gasteiger partial charge in [-0.3, -0.25) is 9.69 Å². The minimum Gasteiger partial charge on any atom is -0.394 e. The number of hydrogen-bond donors (Lipinski definition) is 2. The van der Waals surface area contributed by atoms with E-state index in [1.807, 2.05) is 39.6 Å². The van der Waals surface area contributed by atoms with Gasteiger partial charge in [0.2, 0.25) is 5.91 Å². The van der Waals surface area contributed by atoms with Gasteiger partial charge in [0.1, 0.15) is 0 Å². The molecule has 0 bridgehead atoms. The second kappa shape index (κ2) is 8.45. The summed E-state index contributed by atoms with van der Waals surface area (Å²) in [5, 5.41) is 12.0. The topological polar surface area (TPSA) is 61.8 Å². The van der Waals surface area contributed by atoms with Crippen LogP contribution in [0.25, 0.3) is 0 Å². The van der Waals surface area contributed by atoms with Gasteiger partial charge in [0, 0.05) is 18.7 Å². The van der Waals surface area contributed by atoms with E-state index in [-0.39, 0.29) is 24.2 Å². The molecule has 5 heteroatoms. The highest BCUT2D eigenvalue weighted by molar-refractivity contribution is 5.78. The van der Waals surface area contributed by atoms with E-state index < -0.39 is 0 Å². The Balaban J connectivity index is 3.72. The molecule has 1 amide bonds. The van der Waals surface area contributed by atoms with Crippen molar-refractivity contribution in [3.05, 3.63) is 0 Å². The van der Waals surface area contributed by atoms with Crippen molar-refractivity contribution in [2.75, 3.05) is 33.4 Å². The first-order valence-electron chi connectivity index (χ1n) is 6.50. The predicted molar refractivity (Wildman–Crippen MR) is 72.5 cm³/mol. The molecular weight excluding hydrogens is 232 g/mol. The second-order valence-corrected chi connectivity index (χ2v) is 5.45. The van der Waals surface area contributed by atoms with Crippen LogP contribution in [0.1, 0.15) is 34.1 Å². The molecule has 0 spiro atoms. The minimum atomic E-state index is -0.377. The Morgan fingerprint density at radius 2 is 2.06 bits per heavy atom. The number of hydrogen-bond acceptors (Lipinski definition) is 4. The summed E-state index contributed by atoms with van der Waals surface area (Å²) < 4.78 is 5.38. The molecule has 0 aromatic rings. The second-order valence-electron chi connectivity index (χ2n) is 5.45. The summed E-state index contributed by atoms with van der Waals surface area (Å²) in [4.78, 5) is 13.5. The molecule has 0 saturated heterocycles. The van der Waals surface area contributed by atoms with E-state index in [4.69, 9.17) is 4.74 Å². The van der Waals surface area contributed by atoms with Crippen molar-refractivity contribution in [3.8, 4) is 0 Å². The van der Waals surface area contributed by atoms with E-state index in [0.29, 0.717) is 19.7 Å². The maximum atomic E-state index is 11.6. The van der Waals surface area contributed by atoms with Crippen molar-refractivity contribution in [2.24, 2.45) is 0 Å². The van der Waals surface area contributed by atoms with Gasteiger partial charge in [-0.05, 0) is 41.2 Å².